The molecule has 0 amide bonds. The summed E-state index contributed by atoms with van der Waals surface area (Å²) in [5, 5.41) is 4.85. The Labute approximate surface area is 176 Å². The van der Waals surface area contributed by atoms with E-state index in [1.807, 2.05) is 35.0 Å². The van der Waals surface area contributed by atoms with Crippen molar-refractivity contribution in [2.24, 2.45) is 0 Å². The highest BCUT2D eigenvalue weighted by atomic mass is 16.5. The molecule has 1 aliphatic rings. The predicted molar refractivity (Wildman–Crippen MR) is 118 cm³/mol. The highest BCUT2D eigenvalue weighted by Gasteiger charge is 2.19. The number of rotatable bonds is 5. The van der Waals surface area contributed by atoms with Crippen LogP contribution in [0, 0.1) is 6.92 Å². The molecule has 0 radical (unpaired) electrons. The van der Waals surface area contributed by atoms with E-state index in [9.17, 15) is 0 Å². The van der Waals surface area contributed by atoms with Gasteiger partial charge in [0.2, 0.25) is 0 Å². The van der Waals surface area contributed by atoms with Crippen LogP contribution in [0.3, 0.4) is 0 Å². The molecule has 0 aliphatic heterocycles. The van der Waals surface area contributed by atoms with Gasteiger partial charge in [-0.2, -0.15) is 5.10 Å². The Kier molecular flexibility index (Phi) is 4.87. The number of hydrogen-bond donors (Lipinski definition) is 0. The largest absolute Gasteiger partial charge is 0.493 e. The second kappa shape index (κ2) is 7.82. The Morgan fingerprint density at radius 3 is 2.43 bits per heavy atom. The molecule has 5 heteroatoms. The first-order chi connectivity index (χ1) is 14.7. The highest BCUT2D eigenvalue weighted by molar-refractivity contribution is 5.70. The van der Waals surface area contributed by atoms with E-state index in [4.69, 9.17) is 14.6 Å². The maximum absolute atomic E-state index is 6.29. The van der Waals surface area contributed by atoms with Crippen molar-refractivity contribution in [1.82, 2.24) is 14.6 Å². The van der Waals surface area contributed by atoms with Gasteiger partial charge >= 0.3 is 0 Å². The SMILES string of the molecule is COc1ccc(-c2ccnc3cc(-c4ccc(C)cc4)nn23)cc1OC1CCCC1. The number of aryl methyl sites for hydroxylation is 1. The smallest absolute Gasteiger partial charge is 0.162 e. The first-order valence-electron chi connectivity index (χ1n) is 10.5. The summed E-state index contributed by atoms with van der Waals surface area (Å²) in [7, 11) is 1.68. The Bertz CT molecular complexity index is 1170. The minimum Gasteiger partial charge on any atom is -0.493 e. The molecule has 0 unspecified atom stereocenters. The molecule has 1 aliphatic carbocycles. The number of aromatic nitrogens is 3. The van der Waals surface area contributed by atoms with Crippen molar-refractivity contribution >= 4 is 5.65 Å². The molecular weight excluding hydrogens is 374 g/mol. The van der Waals surface area contributed by atoms with Crippen LogP contribution in [0.5, 0.6) is 11.5 Å². The standard InChI is InChI=1S/C25H25N3O2/c1-17-7-9-18(10-8-17)21-16-25-26-14-13-22(28(25)27-21)19-11-12-23(29-2)24(15-19)30-20-5-3-4-6-20/h7-16,20H,3-6H2,1-2H3. The Morgan fingerprint density at radius 2 is 1.67 bits per heavy atom. The number of fused-ring (bicyclic) bond motifs is 1. The topological polar surface area (TPSA) is 48.7 Å². The van der Waals surface area contributed by atoms with Crippen LogP contribution in [-0.2, 0) is 0 Å². The Balaban J connectivity index is 1.56. The summed E-state index contributed by atoms with van der Waals surface area (Å²) in [6.07, 6.45) is 6.76. The third kappa shape index (κ3) is 3.52. The van der Waals surface area contributed by atoms with Crippen LogP contribution in [0.25, 0.3) is 28.2 Å². The van der Waals surface area contributed by atoms with Gasteiger partial charge in [0.15, 0.2) is 17.1 Å². The Morgan fingerprint density at radius 1 is 0.900 bits per heavy atom. The molecule has 0 atom stereocenters. The molecule has 5 nitrogen and oxygen atoms in total. The quantitative estimate of drug-likeness (QED) is 0.432. The lowest BCUT2D eigenvalue weighted by Crippen LogP contribution is -2.11. The molecule has 5 rings (SSSR count). The summed E-state index contributed by atoms with van der Waals surface area (Å²) >= 11 is 0. The lowest BCUT2D eigenvalue weighted by molar-refractivity contribution is 0.201. The van der Waals surface area contributed by atoms with Crippen LogP contribution in [0.15, 0.2) is 60.8 Å². The van der Waals surface area contributed by atoms with Gasteiger partial charge in [-0.15, -0.1) is 0 Å². The third-order valence-electron chi connectivity index (χ3n) is 5.76. The van der Waals surface area contributed by atoms with Gasteiger partial charge < -0.3 is 9.47 Å². The van der Waals surface area contributed by atoms with Crippen molar-refractivity contribution < 1.29 is 9.47 Å². The number of nitrogens with zero attached hydrogens (tertiary/aromatic N) is 3. The van der Waals surface area contributed by atoms with E-state index in [0.717, 1.165) is 52.5 Å². The molecule has 0 bridgehead atoms. The van der Waals surface area contributed by atoms with E-state index in [2.05, 4.69) is 42.2 Å². The molecular formula is C25H25N3O2. The minimum absolute atomic E-state index is 0.268. The van der Waals surface area contributed by atoms with Gasteiger partial charge in [-0.3, -0.25) is 0 Å². The molecule has 30 heavy (non-hydrogen) atoms. The van der Waals surface area contributed by atoms with Crippen LogP contribution >= 0.6 is 0 Å². The molecule has 4 aromatic rings. The lowest BCUT2D eigenvalue weighted by Gasteiger charge is -2.17. The van der Waals surface area contributed by atoms with E-state index in [-0.39, 0.29) is 6.10 Å². The fourth-order valence-corrected chi connectivity index (χ4v) is 4.09. The molecule has 0 saturated heterocycles. The van der Waals surface area contributed by atoms with Gasteiger partial charge in [-0.05, 0) is 56.9 Å². The average molecular weight is 399 g/mol. The number of ether oxygens (including phenoxy) is 2. The van der Waals surface area contributed by atoms with Crippen molar-refractivity contribution in [2.75, 3.05) is 7.11 Å². The van der Waals surface area contributed by atoms with Crippen molar-refractivity contribution in [2.45, 2.75) is 38.7 Å². The maximum atomic E-state index is 6.29. The van der Waals surface area contributed by atoms with Crippen LogP contribution in [0.4, 0.5) is 0 Å². The second-order valence-corrected chi connectivity index (χ2v) is 7.89. The van der Waals surface area contributed by atoms with Crippen LogP contribution in [0.1, 0.15) is 31.2 Å². The maximum Gasteiger partial charge on any atom is 0.162 e. The van der Waals surface area contributed by atoms with E-state index >= 15 is 0 Å². The first-order valence-corrected chi connectivity index (χ1v) is 10.5. The molecule has 2 aromatic heterocycles. The molecule has 0 spiro atoms. The molecule has 2 heterocycles. The zero-order chi connectivity index (χ0) is 20.5. The number of hydrogen-bond acceptors (Lipinski definition) is 4. The first kappa shape index (κ1) is 18.7. The normalized spacial score (nSPS) is 14.3. The molecule has 2 aromatic carbocycles. The van der Waals surface area contributed by atoms with Gasteiger partial charge in [0.1, 0.15) is 0 Å². The van der Waals surface area contributed by atoms with Crippen LogP contribution in [-0.4, -0.2) is 27.8 Å². The number of benzene rings is 2. The molecule has 1 saturated carbocycles. The lowest BCUT2D eigenvalue weighted by atomic mass is 10.1. The van der Waals surface area contributed by atoms with Crippen molar-refractivity contribution in [1.29, 1.82) is 0 Å². The fraction of sp³-hybridized carbons (Fsp3) is 0.280. The van der Waals surface area contributed by atoms with Gasteiger partial charge in [0.05, 0.1) is 24.6 Å². The Hall–Kier alpha value is -3.34. The van der Waals surface area contributed by atoms with Crippen molar-refractivity contribution in [3.05, 3.63) is 66.4 Å². The summed E-state index contributed by atoms with van der Waals surface area (Å²) < 4.78 is 13.7. The average Bonchev–Trinajstić information content (AvgIpc) is 3.43. The minimum atomic E-state index is 0.268. The van der Waals surface area contributed by atoms with Gasteiger partial charge in [0.25, 0.3) is 0 Å². The zero-order valence-electron chi connectivity index (χ0n) is 17.3. The summed E-state index contributed by atoms with van der Waals surface area (Å²) in [4.78, 5) is 4.51. The van der Waals surface area contributed by atoms with Crippen molar-refractivity contribution in [3.63, 3.8) is 0 Å². The van der Waals surface area contributed by atoms with Gasteiger partial charge in [-0.25, -0.2) is 9.50 Å². The predicted octanol–water partition coefficient (Wildman–Crippen LogP) is 5.70. The molecule has 152 valence electrons. The van der Waals surface area contributed by atoms with Crippen LogP contribution in [0.2, 0.25) is 0 Å². The highest BCUT2D eigenvalue weighted by Crippen LogP contribution is 2.35. The summed E-state index contributed by atoms with van der Waals surface area (Å²) in [6.45, 7) is 2.09. The van der Waals surface area contributed by atoms with E-state index in [1.165, 1.54) is 18.4 Å². The van der Waals surface area contributed by atoms with E-state index < -0.39 is 0 Å². The van der Waals surface area contributed by atoms with Crippen molar-refractivity contribution in [3.8, 4) is 34.0 Å². The summed E-state index contributed by atoms with van der Waals surface area (Å²) in [6, 6.07) is 18.5. The number of methoxy groups -OCH3 is 1. The fourth-order valence-electron chi connectivity index (χ4n) is 4.09. The summed E-state index contributed by atoms with van der Waals surface area (Å²) in [5.41, 5.74) is 6.03. The summed E-state index contributed by atoms with van der Waals surface area (Å²) in [5.74, 6) is 1.55. The van der Waals surface area contributed by atoms with Crippen LogP contribution < -0.4 is 9.47 Å². The van der Waals surface area contributed by atoms with Gasteiger partial charge in [-0.1, -0.05) is 29.8 Å². The molecule has 0 N–H and O–H groups in total. The van der Waals surface area contributed by atoms with E-state index in [0.29, 0.717) is 0 Å². The second-order valence-electron chi connectivity index (χ2n) is 7.89. The van der Waals surface area contributed by atoms with Gasteiger partial charge in [0, 0.05) is 23.4 Å². The zero-order valence-corrected chi connectivity index (χ0v) is 17.3. The third-order valence-corrected chi connectivity index (χ3v) is 5.76. The monoisotopic (exact) mass is 399 g/mol. The van der Waals surface area contributed by atoms with E-state index in [1.54, 1.807) is 7.11 Å². The molecule has 1 fully saturated rings.